The monoisotopic (exact) mass is 297 g/mol. The van der Waals surface area contributed by atoms with Crippen LogP contribution in [0.5, 0.6) is 5.75 Å². The van der Waals surface area contributed by atoms with Gasteiger partial charge in [0.2, 0.25) is 0 Å². The van der Waals surface area contributed by atoms with Crippen molar-refractivity contribution in [1.82, 2.24) is 4.90 Å². The van der Waals surface area contributed by atoms with Crippen LogP contribution in [0.2, 0.25) is 5.02 Å². The molecule has 4 nitrogen and oxygen atoms in total. The summed E-state index contributed by atoms with van der Waals surface area (Å²) in [5.41, 5.74) is 0. The maximum atomic E-state index is 11.9. The molecule has 0 spiro atoms. The summed E-state index contributed by atoms with van der Waals surface area (Å²) in [6.07, 6.45) is 1.00. The molecule has 0 amide bonds. The van der Waals surface area contributed by atoms with E-state index >= 15 is 0 Å². The molecule has 1 saturated heterocycles. The van der Waals surface area contributed by atoms with Crippen LogP contribution in [0.25, 0.3) is 0 Å². The maximum Gasteiger partial charge on any atom is 0.312 e. The zero-order chi connectivity index (χ0) is 14.5. The Kier molecular flexibility index (Phi) is 5.26. The van der Waals surface area contributed by atoms with E-state index in [0.717, 1.165) is 25.3 Å². The molecule has 0 saturated carbocycles. The third kappa shape index (κ3) is 3.87. The number of esters is 1. The van der Waals surface area contributed by atoms with Crippen LogP contribution in [-0.2, 0) is 9.53 Å². The van der Waals surface area contributed by atoms with Gasteiger partial charge < -0.3 is 14.4 Å². The zero-order valence-electron chi connectivity index (χ0n) is 11.8. The molecule has 0 bridgehead atoms. The van der Waals surface area contributed by atoms with Crippen LogP contribution >= 0.6 is 11.6 Å². The fourth-order valence-electron chi connectivity index (χ4n) is 2.56. The predicted molar refractivity (Wildman–Crippen MR) is 78.1 cm³/mol. The molecule has 2 rings (SSSR count). The van der Waals surface area contributed by atoms with Gasteiger partial charge in [-0.15, -0.1) is 0 Å². The van der Waals surface area contributed by atoms with E-state index in [1.807, 2.05) is 0 Å². The summed E-state index contributed by atoms with van der Waals surface area (Å²) < 4.78 is 10.6. The highest BCUT2D eigenvalue weighted by molar-refractivity contribution is 6.30. The first-order valence-corrected chi connectivity index (χ1v) is 7.12. The molecule has 0 N–H and O–H groups in total. The molecule has 2 unspecified atom stereocenters. The van der Waals surface area contributed by atoms with Crippen molar-refractivity contribution in [3.63, 3.8) is 0 Å². The van der Waals surface area contributed by atoms with Crippen molar-refractivity contribution in [2.45, 2.75) is 6.42 Å². The number of carbonyl (C=O) groups excluding carboxylic acids is 1. The van der Waals surface area contributed by atoms with Crippen LogP contribution in [0.1, 0.15) is 6.42 Å². The third-order valence-corrected chi connectivity index (χ3v) is 4.00. The number of carbonyl (C=O) groups is 1. The molecule has 20 heavy (non-hydrogen) atoms. The minimum absolute atomic E-state index is 0.195. The standard InChI is InChI=1S/C15H20ClNO3/c1-17-8-7-11(9-17)14(15(18)19-2)10-20-13-5-3-12(16)4-6-13/h3-6,11,14H,7-10H2,1-2H3. The first kappa shape index (κ1) is 15.1. The van der Waals surface area contributed by atoms with Crippen molar-refractivity contribution < 1.29 is 14.3 Å². The van der Waals surface area contributed by atoms with Crippen molar-refractivity contribution in [3.8, 4) is 5.75 Å². The Morgan fingerprint density at radius 2 is 2.15 bits per heavy atom. The van der Waals surface area contributed by atoms with Gasteiger partial charge in [0, 0.05) is 11.6 Å². The smallest absolute Gasteiger partial charge is 0.312 e. The van der Waals surface area contributed by atoms with Gasteiger partial charge in [0.1, 0.15) is 12.4 Å². The highest BCUT2D eigenvalue weighted by Gasteiger charge is 2.34. The molecular formula is C15H20ClNO3. The molecule has 1 aliphatic heterocycles. The molecule has 1 heterocycles. The van der Waals surface area contributed by atoms with Crippen LogP contribution in [-0.4, -0.2) is 44.7 Å². The summed E-state index contributed by atoms with van der Waals surface area (Å²) in [5.74, 6) is 0.592. The van der Waals surface area contributed by atoms with E-state index in [2.05, 4.69) is 11.9 Å². The Labute approximate surface area is 124 Å². The van der Waals surface area contributed by atoms with Crippen LogP contribution in [0.3, 0.4) is 0 Å². The molecule has 110 valence electrons. The normalized spacial score (nSPS) is 20.6. The van der Waals surface area contributed by atoms with Crippen molar-refractivity contribution >= 4 is 17.6 Å². The van der Waals surface area contributed by atoms with E-state index in [-0.39, 0.29) is 11.9 Å². The van der Waals surface area contributed by atoms with Gasteiger partial charge in [-0.1, -0.05) is 11.6 Å². The highest BCUT2D eigenvalue weighted by Crippen LogP contribution is 2.26. The number of likely N-dealkylation sites (tertiary alicyclic amines) is 1. The number of rotatable bonds is 5. The van der Waals surface area contributed by atoms with E-state index in [9.17, 15) is 4.79 Å². The molecule has 1 aliphatic rings. The number of methoxy groups -OCH3 is 1. The topological polar surface area (TPSA) is 38.8 Å². The lowest BCUT2D eigenvalue weighted by Crippen LogP contribution is -2.32. The lowest BCUT2D eigenvalue weighted by molar-refractivity contribution is -0.148. The minimum Gasteiger partial charge on any atom is -0.493 e. The van der Waals surface area contributed by atoms with E-state index in [1.54, 1.807) is 24.3 Å². The predicted octanol–water partition coefficient (Wildman–Crippen LogP) is 2.46. The van der Waals surface area contributed by atoms with Gasteiger partial charge in [0.15, 0.2) is 0 Å². The van der Waals surface area contributed by atoms with Gasteiger partial charge in [-0.25, -0.2) is 0 Å². The number of hydrogen-bond acceptors (Lipinski definition) is 4. The summed E-state index contributed by atoms with van der Waals surface area (Å²) in [5, 5.41) is 0.666. The van der Waals surface area contributed by atoms with Crippen LogP contribution in [0.15, 0.2) is 24.3 Å². The third-order valence-electron chi connectivity index (χ3n) is 3.74. The zero-order valence-corrected chi connectivity index (χ0v) is 12.6. The lowest BCUT2D eigenvalue weighted by Gasteiger charge is -2.21. The first-order valence-electron chi connectivity index (χ1n) is 6.75. The van der Waals surface area contributed by atoms with Crippen LogP contribution < -0.4 is 4.74 Å². The van der Waals surface area contributed by atoms with Gasteiger partial charge >= 0.3 is 5.97 Å². The Morgan fingerprint density at radius 1 is 1.45 bits per heavy atom. The molecule has 2 atom stereocenters. The summed E-state index contributed by atoms with van der Waals surface area (Å²) in [4.78, 5) is 14.2. The number of benzene rings is 1. The summed E-state index contributed by atoms with van der Waals surface area (Å²) in [7, 11) is 3.49. The molecule has 1 fully saturated rings. The number of nitrogens with zero attached hydrogens (tertiary/aromatic N) is 1. The summed E-state index contributed by atoms with van der Waals surface area (Å²) >= 11 is 5.83. The quantitative estimate of drug-likeness (QED) is 0.783. The van der Waals surface area contributed by atoms with Crippen LogP contribution in [0.4, 0.5) is 0 Å². The van der Waals surface area contributed by atoms with Gasteiger partial charge in [-0.3, -0.25) is 4.79 Å². The van der Waals surface area contributed by atoms with Crippen molar-refractivity contribution in [3.05, 3.63) is 29.3 Å². The van der Waals surface area contributed by atoms with E-state index in [1.165, 1.54) is 7.11 Å². The van der Waals surface area contributed by atoms with E-state index in [4.69, 9.17) is 21.1 Å². The number of hydrogen-bond donors (Lipinski definition) is 0. The lowest BCUT2D eigenvalue weighted by atomic mass is 9.92. The number of halogens is 1. The Bertz CT molecular complexity index is 449. The molecular weight excluding hydrogens is 278 g/mol. The van der Waals surface area contributed by atoms with Crippen molar-refractivity contribution in [2.24, 2.45) is 11.8 Å². The van der Waals surface area contributed by atoms with Gasteiger partial charge in [0.05, 0.1) is 13.0 Å². The fraction of sp³-hybridized carbons (Fsp3) is 0.533. The number of ether oxygens (including phenoxy) is 2. The molecule has 0 aromatic heterocycles. The summed E-state index contributed by atoms with van der Waals surface area (Å²) in [6.45, 7) is 2.26. The Morgan fingerprint density at radius 3 is 2.70 bits per heavy atom. The second-order valence-corrected chi connectivity index (χ2v) is 5.64. The average Bonchev–Trinajstić information content (AvgIpc) is 2.87. The summed E-state index contributed by atoms with van der Waals surface area (Å²) in [6, 6.07) is 7.15. The van der Waals surface area contributed by atoms with Gasteiger partial charge in [0.25, 0.3) is 0 Å². The average molecular weight is 298 g/mol. The fourth-order valence-corrected chi connectivity index (χ4v) is 2.69. The van der Waals surface area contributed by atoms with E-state index < -0.39 is 0 Å². The Hall–Kier alpha value is -1.26. The SMILES string of the molecule is COC(=O)C(COc1ccc(Cl)cc1)C1CCN(C)C1. The van der Waals surface area contributed by atoms with E-state index in [0.29, 0.717) is 17.5 Å². The van der Waals surface area contributed by atoms with Crippen LogP contribution in [0, 0.1) is 11.8 Å². The Balaban J connectivity index is 1.97. The molecule has 5 heteroatoms. The first-order chi connectivity index (χ1) is 9.60. The second-order valence-electron chi connectivity index (χ2n) is 5.21. The maximum absolute atomic E-state index is 11.9. The van der Waals surface area contributed by atoms with Gasteiger partial charge in [-0.2, -0.15) is 0 Å². The molecule has 0 radical (unpaired) electrons. The molecule has 1 aromatic carbocycles. The van der Waals surface area contributed by atoms with Crippen molar-refractivity contribution in [2.75, 3.05) is 33.9 Å². The largest absolute Gasteiger partial charge is 0.493 e. The van der Waals surface area contributed by atoms with Crippen molar-refractivity contribution in [1.29, 1.82) is 0 Å². The minimum atomic E-state index is -0.222. The molecule has 1 aromatic rings. The second kappa shape index (κ2) is 6.95. The highest BCUT2D eigenvalue weighted by atomic mass is 35.5. The molecule has 0 aliphatic carbocycles. The van der Waals surface area contributed by atoms with Gasteiger partial charge in [-0.05, 0) is 50.2 Å².